The van der Waals surface area contributed by atoms with Gasteiger partial charge in [0.15, 0.2) is 5.78 Å². The number of hydrogen-bond donors (Lipinski definition) is 1. The molecule has 1 atom stereocenters. The van der Waals surface area contributed by atoms with Gasteiger partial charge in [-0.25, -0.2) is 4.98 Å². The lowest BCUT2D eigenvalue weighted by molar-refractivity contribution is 0.0972. The average molecular weight is 461 g/mol. The van der Waals surface area contributed by atoms with Crippen molar-refractivity contribution in [2.45, 2.75) is 74.9 Å². The number of benzene rings is 2. The van der Waals surface area contributed by atoms with E-state index in [0.29, 0.717) is 12.8 Å². The van der Waals surface area contributed by atoms with E-state index in [1.165, 1.54) is 43.2 Å². The molecule has 2 aromatic carbocycles. The molecule has 1 saturated carbocycles. The van der Waals surface area contributed by atoms with Crippen LogP contribution in [-0.4, -0.2) is 21.0 Å². The molecule has 0 bridgehead atoms. The Morgan fingerprint density at radius 2 is 1.88 bits per heavy atom. The summed E-state index contributed by atoms with van der Waals surface area (Å²) < 4.78 is 6.76. The Labute approximate surface area is 200 Å². The molecule has 3 aromatic rings. The first-order chi connectivity index (χ1) is 16.3. The minimum absolute atomic E-state index is 0.145. The normalized spacial score (nSPS) is 17.5. The Kier molecular flexibility index (Phi) is 7.15. The molecule has 5 heteroatoms. The van der Waals surface area contributed by atoms with Gasteiger partial charge in [-0.05, 0) is 48.9 Å². The maximum absolute atomic E-state index is 12.7. The fraction of sp³-hybridized carbons (Fsp3) is 0.429. The van der Waals surface area contributed by atoms with E-state index in [4.69, 9.17) is 4.74 Å². The van der Waals surface area contributed by atoms with Crippen LogP contribution in [0.5, 0.6) is 5.75 Å². The van der Waals surface area contributed by atoms with Crippen molar-refractivity contribution in [1.29, 1.82) is 0 Å². The van der Waals surface area contributed by atoms with Crippen molar-refractivity contribution in [3.05, 3.63) is 82.9 Å². The van der Waals surface area contributed by atoms with Gasteiger partial charge in [-0.2, -0.15) is 11.8 Å². The van der Waals surface area contributed by atoms with Crippen LogP contribution in [0.15, 0.2) is 54.9 Å². The summed E-state index contributed by atoms with van der Waals surface area (Å²) >= 11 is 2.06. The van der Waals surface area contributed by atoms with Crippen molar-refractivity contribution < 1.29 is 9.53 Å². The van der Waals surface area contributed by atoms with Crippen molar-refractivity contribution >= 4 is 17.5 Å². The lowest BCUT2D eigenvalue weighted by Gasteiger charge is -2.27. The highest BCUT2D eigenvalue weighted by Gasteiger charge is 2.26. The minimum Gasteiger partial charge on any atom is -0.485 e. The van der Waals surface area contributed by atoms with Gasteiger partial charge >= 0.3 is 0 Å². The van der Waals surface area contributed by atoms with Crippen LogP contribution in [0.2, 0.25) is 0 Å². The van der Waals surface area contributed by atoms with Crippen LogP contribution in [-0.2, 0) is 18.6 Å². The van der Waals surface area contributed by atoms with Crippen molar-refractivity contribution in [2.75, 3.05) is 0 Å². The van der Waals surface area contributed by atoms with E-state index in [0.717, 1.165) is 46.5 Å². The van der Waals surface area contributed by atoms with Gasteiger partial charge < -0.3 is 9.72 Å². The third kappa shape index (κ3) is 5.35. The van der Waals surface area contributed by atoms with Gasteiger partial charge in [0.2, 0.25) is 0 Å². The largest absolute Gasteiger partial charge is 0.485 e. The molecule has 172 valence electrons. The number of ketones is 1. The SMILES string of the molecule is O=C1CCCc2c1ccc(O[C@@H](Cc1ncc[nH]1)c1ccccc1)c2CSC1CCCCC1. The van der Waals surface area contributed by atoms with E-state index in [2.05, 4.69) is 46.0 Å². The summed E-state index contributed by atoms with van der Waals surface area (Å²) in [4.78, 5) is 20.3. The number of imidazole rings is 1. The highest BCUT2D eigenvalue weighted by Crippen LogP contribution is 2.39. The molecule has 0 spiro atoms. The molecule has 0 unspecified atom stereocenters. The highest BCUT2D eigenvalue weighted by atomic mass is 32.2. The molecule has 1 fully saturated rings. The van der Waals surface area contributed by atoms with E-state index in [9.17, 15) is 4.79 Å². The van der Waals surface area contributed by atoms with Crippen LogP contribution in [0.4, 0.5) is 0 Å². The van der Waals surface area contributed by atoms with E-state index < -0.39 is 0 Å². The number of carbonyl (C=O) groups excluding carboxylic acids is 1. The van der Waals surface area contributed by atoms with Crippen LogP contribution in [0.25, 0.3) is 0 Å². The van der Waals surface area contributed by atoms with Crippen LogP contribution < -0.4 is 4.74 Å². The number of carbonyl (C=O) groups is 1. The zero-order valence-corrected chi connectivity index (χ0v) is 19.9. The Hall–Kier alpha value is -2.53. The second kappa shape index (κ2) is 10.6. The van der Waals surface area contributed by atoms with E-state index in [1.807, 2.05) is 24.4 Å². The number of nitrogens with zero attached hydrogens (tertiary/aromatic N) is 1. The summed E-state index contributed by atoms with van der Waals surface area (Å²) in [6, 6.07) is 14.4. The van der Waals surface area contributed by atoms with Gasteiger partial charge in [-0.1, -0.05) is 49.6 Å². The maximum atomic E-state index is 12.7. The van der Waals surface area contributed by atoms with Gasteiger partial charge in [0, 0.05) is 47.4 Å². The number of H-pyrrole nitrogens is 1. The summed E-state index contributed by atoms with van der Waals surface area (Å²) in [5, 5.41) is 0.717. The summed E-state index contributed by atoms with van der Waals surface area (Å²) in [6.45, 7) is 0. The zero-order chi connectivity index (χ0) is 22.5. The van der Waals surface area contributed by atoms with Gasteiger partial charge in [0.25, 0.3) is 0 Å². The summed E-state index contributed by atoms with van der Waals surface area (Å²) in [7, 11) is 0. The van der Waals surface area contributed by atoms with Crippen LogP contribution in [0.3, 0.4) is 0 Å². The number of thioether (sulfide) groups is 1. The number of aromatic amines is 1. The Morgan fingerprint density at radius 1 is 1.03 bits per heavy atom. The number of hydrogen-bond acceptors (Lipinski definition) is 4. The Balaban J connectivity index is 1.46. The molecule has 1 N–H and O–H groups in total. The third-order valence-electron chi connectivity index (χ3n) is 6.91. The summed E-state index contributed by atoms with van der Waals surface area (Å²) in [5.41, 5.74) is 4.50. The van der Waals surface area contributed by atoms with Crippen molar-refractivity contribution in [1.82, 2.24) is 9.97 Å². The third-order valence-corrected chi connectivity index (χ3v) is 8.31. The monoisotopic (exact) mass is 460 g/mol. The van der Waals surface area contributed by atoms with Crippen LogP contribution in [0, 0.1) is 0 Å². The number of ether oxygens (including phenoxy) is 1. The van der Waals surface area contributed by atoms with Gasteiger partial charge in [0.05, 0.1) is 0 Å². The molecule has 4 nitrogen and oxygen atoms in total. The number of aromatic nitrogens is 2. The molecule has 1 aromatic heterocycles. The van der Waals surface area contributed by atoms with Gasteiger partial charge in [0.1, 0.15) is 17.7 Å². The molecule has 0 aliphatic heterocycles. The van der Waals surface area contributed by atoms with Gasteiger partial charge in [-0.15, -0.1) is 0 Å². The average Bonchev–Trinajstić information content (AvgIpc) is 3.37. The molecule has 0 amide bonds. The molecular weight excluding hydrogens is 428 g/mol. The standard InChI is InChI=1S/C28H32N2O2S/c31-25-13-7-12-22-23(25)14-15-26(24(22)19-33-21-10-5-2-6-11-21)32-27(18-28-29-16-17-30-28)20-8-3-1-4-9-20/h1,3-4,8-9,14-17,21,27H,2,5-7,10-13,18-19H2,(H,29,30)/t27-/m0/s1. The summed E-state index contributed by atoms with van der Waals surface area (Å²) in [5.74, 6) is 3.03. The van der Waals surface area contributed by atoms with E-state index in [1.54, 1.807) is 6.20 Å². The molecule has 2 aliphatic carbocycles. The van der Waals surface area contributed by atoms with Gasteiger partial charge in [-0.3, -0.25) is 4.79 Å². The van der Waals surface area contributed by atoms with Crippen molar-refractivity contribution in [2.24, 2.45) is 0 Å². The number of Topliss-reactive ketones (excluding diaryl/α,β-unsaturated/α-hetero) is 1. The highest BCUT2D eigenvalue weighted by molar-refractivity contribution is 7.99. The fourth-order valence-electron chi connectivity index (χ4n) is 5.11. The zero-order valence-electron chi connectivity index (χ0n) is 19.1. The molecule has 2 aliphatic rings. The smallest absolute Gasteiger partial charge is 0.163 e. The Bertz CT molecular complexity index is 1060. The van der Waals surface area contributed by atoms with E-state index >= 15 is 0 Å². The summed E-state index contributed by atoms with van der Waals surface area (Å²) in [6.07, 6.45) is 13.4. The quantitative estimate of drug-likeness (QED) is 0.399. The second-order valence-corrected chi connectivity index (χ2v) is 10.5. The molecule has 1 heterocycles. The number of rotatable bonds is 8. The topological polar surface area (TPSA) is 55.0 Å². The molecule has 5 rings (SSSR count). The predicted octanol–water partition coefficient (Wildman–Crippen LogP) is 6.86. The van der Waals surface area contributed by atoms with Crippen LogP contribution in [0.1, 0.15) is 83.9 Å². The lowest BCUT2D eigenvalue weighted by atomic mass is 9.87. The number of fused-ring (bicyclic) bond motifs is 1. The van der Waals surface area contributed by atoms with Crippen molar-refractivity contribution in [3.63, 3.8) is 0 Å². The maximum Gasteiger partial charge on any atom is 0.163 e. The van der Waals surface area contributed by atoms with Crippen molar-refractivity contribution in [3.8, 4) is 5.75 Å². The predicted molar refractivity (Wildman–Crippen MR) is 134 cm³/mol. The lowest BCUT2D eigenvalue weighted by Crippen LogP contribution is -2.17. The minimum atomic E-state index is -0.145. The molecule has 33 heavy (non-hydrogen) atoms. The fourth-order valence-corrected chi connectivity index (χ4v) is 6.50. The first-order valence-electron chi connectivity index (χ1n) is 12.3. The Morgan fingerprint density at radius 3 is 2.67 bits per heavy atom. The second-order valence-electron chi connectivity index (χ2n) is 9.17. The first-order valence-corrected chi connectivity index (χ1v) is 13.3. The van der Waals surface area contributed by atoms with E-state index in [-0.39, 0.29) is 11.9 Å². The molecular formula is C28H32N2O2S. The van der Waals surface area contributed by atoms with Crippen LogP contribution >= 0.6 is 11.8 Å². The molecule has 0 radical (unpaired) electrons. The molecule has 0 saturated heterocycles. The number of nitrogens with one attached hydrogen (secondary N) is 1. The first kappa shape index (κ1) is 22.3.